The highest BCUT2D eigenvalue weighted by Crippen LogP contribution is 2.29. The molecule has 0 bridgehead atoms. The fourth-order valence-electron chi connectivity index (χ4n) is 4.14. The zero-order valence-electron chi connectivity index (χ0n) is 16.2. The van der Waals surface area contributed by atoms with Gasteiger partial charge in [0.25, 0.3) is 0 Å². The molecule has 1 amide bonds. The Labute approximate surface area is 157 Å². The number of aliphatic hydroxyl groups is 1. The van der Waals surface area contributed by atoms with Gasteiger partial charge in [-0.2, -0.15) is 0 Å². The molecule has 148 valence electrons. The highest BCUT2D eigenvalue weighted by Gasteiger charge is 2.27. The average molecular weight is 366 g/mol. The number of Topliss-reactive ketones (excluding diaryl/α,β-unsaturated/α-hetero) is 1. The van der Waals surface area contributed by atoms with Crippen LogP contribution in [0.2, 0.25) is 0 Å². The van der Waals surface area contributed by atoms with E-state index in [1.165, 1.54) is 0 Å². The fourth-order valence-corrected chi connectivity index (χ4v) is 4.14. The molecule has 0 radical (unpaired) electrons. The van der Waals surface area contributed by atoms with Gasteiger partial charge in [0.2, 0.25) is 5.91 Å². The van der Waals surface area contributed by atoms with Crippen LogP contribution >= 0.6 is 0 Å². The first-order valence-corrected chi connectivity index (χ1v) is 10.2. The van der Waals surface area contributed by atoms with Crippen molar-refractivity contribution in [3.05, 3.63) is 12.2 Å². The first-order valence-electron chi connectivity index (χ1n) is 10.2. The maximum Gasteiger partial charge on any atom is 0.222 e. The van der Waals surface area contributed by atoms with Gasteiger partial charge in [0, 0.05) is 31.6 Å². The Bertz CT molecular complexity index is 474. The fraction of sp³-hybridized carbons (Fsp3) is 0.810. The molecule has 0 aliphatic heterocycles. The summed E-state index contributed by atoms with van der Waals surface area (Å²) in [5.74, 6) is 1.35. The maximum absolute atomic E-state index is 12.1. The van der Waals surface area contributed by atoms with E-state index < -0.39 is 0 Å². The lowest BCUT2D eigenvalue weighted by atomic mass is 9.82. The van der Waals surface area contributed by atoms with Crippen molar-refractivity contribution in [1.29, 1.82) is 0 Å². The topological polar surface area (TPSA) is 75.6 Å². The van der Waals surface area contributed by atoms with E-state index in [2.05, 4.69) is 11.9 Å². The molecule has 2 N–H and O–H groups in total. The van der Waals surface area contributed by atoms with Crippen LogP contribution in [-0.4, -0.2) is 42.7 Å². The second-order valence-electron chi connectivity index (χ2n) is 8.15. The van der Waals surface area contributed by atoms with E-state index in [-0.39, 0.29) is 23.7 Å². The second kappa shape index (κ2) is 10.8. The molecule has 5 nitrogen and oxygen atoms in total. The molecular formula is C21H35NO4. The van der Waals surface area contributed by atoms with Crippen molar-refractivity contribution in [2.45, 2.75) is 70.8 Å². The van der Waals surface area contributed by atoms with E-state index >= 15 is 0 Å². The molecule has 0 atom stereocenters. The Morgan fingerprint density at radius 2 is 1.65 bits per heavy atom. The third kappa shape index (κ3) is 6.84. The lowest BCUT2D eigenvalue weighted by Crippen LogP contribution is -2.39. The number of allylic oxidation sites excluding steroid dienone is 1. The molecule has 2 fully saturated rings. The highest BCUT2D eigenvalue weighted by molar-refractivity contribution is 5.96. The molecular weight excluding hydrogens is 330 g/mol. The Morgan fingerprint density at radius 1 is 1.04 bits per heavy atom. The van der Waals surface area contributed by atoms with Crippen molar-refractivity contribution >= 4 is 11.7 Å². The van der Waals surface area contributed by atoms with Crippen LogP contribution in [0.1, 0.15) is 64.7 Å². The van der Waals surface area contributed by atoms with Gasteiger partial charge in [0.1, 0.15) is 0 Å². The number of hydrogen-bond acceptors (Lipinski definition) is 4. The summed E-state index contributed by atoms with van der Waals surface area (Å²) in [5.41, 5.74) is 0.638. The highest BCUT2D eigenvalue weighted by atomic mass is 16.5. The average Bonchev–Trinajstić information content (AvgIpc) is 2.65. The number of amides is 1. The lowest BCUT2D eigenvalue weighted by molar-refractivity contribution is -0.123. The molecule has 2 saturated carbocycles. The van der Waals surface area contributed by atoms with Gasteiger partial charge in [-0.15, -0.1) is 0 Å². The zero-order valence-corrected chi connectivity index (χ0v) is 16.2. The van der Waals surface area contributed by atoms with Gasteiger partial charge < -0.3 is 15.2 Å². The molecule has 5 heteroatoms. The van der Waals surface area contributed by atoms with Gasteiger partial charge in [0.15, 0.2) is 5.78 Å². The summed E-state index contributed by atoms with van der Waals surface area (Å²) in [6.07, 6.45) is 8.20. The number of ether oxygens (including phenoxy) is 1. The van der Waals surface area contributed by atoms with Crippen LogP contribution in [0.5, 0.6) is 0 Å². The summed E-state index contributed by atoms with van der Waals surface area (Å²) in [4.78, 5) is 24.0. The Hall–Kier alpha value is -1.20. The largest absolute Gasteiger partial charge is 0.396 e. The summed E-state index contributed by atoms with van der Waals surface area (Å²) < 4.78 is 5.70. The summed E-state index contributed by atoms with van der Waals surface area (Å²) in [6, 6.07) is 0.186. The number of carbonyl (C=O) groups excluding carboxylic acids is 2. The first-order chi connectivity index (χ1) is 12.5. The molecule has 2 aliphatic carbocycles. The van der Waals surface area contributed by atoms with E-state index in [0.29, 0.717) is 37.0 Å². The smallest absolute Gasteiger partial charge is 0.222 e. The zero-order chi connectivity index (χ0) is 18.9. The summed E-state index contributed by atoms with van der Waals surface area (Å²) >= 11 is 0. The molecule has 2 rings (SSSR count). The predicted molar refractivity (Wildman–Crippen MR) is 102 cm³/mol. The summed E-state index contributed by atoms with van der Waals surface area (Å²) in [5, 5.41) is 12.2. The van der Waals surface area contributed by atoms with Crippen LogP contribution in [0.15, 0.2) is 12.2 Å². The quantitative estimate of drug-likeness (QED) is 0.486. The Balaban J connectivity index is 1.53. The predicted octanol–water partition coefficient (Wildman–Crippen LogP) is 3.01. The number of aliphatic hydroxyl groups excluding tert-OH is 1. The van der Waals surface area contributed by atoms with Gasteiger partial charge in [0.05, 0.1) is 6.61 Å². The van der Waals surface area contributed by atoms with Gasteiger partial charge >= 0.3 is 0 Å². The molecule has 0 unspecified atom stereocenters. The van der Waals surface area contributed by atoms with Crippen LogP contribution in [-0.2, 0) is 14.3 Å². The van der Waals surface area contributed by atoms with Crippen LogP contribution in [0.4, 0.5) is 0 Å². The first kappa shape index (κ1) is 21.1. The minimum absolute atomic E-state index is 0.0451. The molecule has 0 aromatic rings. The van der Waals surface area contributed by atoms with E-state index in [1.54, 1.807) is 6.92 Å². The third-order valence-electron chi connectivity index (χ3n) is 5.94. The van der Waals surface area contributed by atoms with Gasteiger partial charge in [-0.25, -0.2) is 0 Å². The summed E-state index contributed by atoms with van der Waals surface area (Å²) in [6.45, 7) is 7.00. The van der Waals surface area contributed by atoms with Crippen molar-refractivity contribution in [2.75, 3.05) is 19.8 Å². The molecule has 0 heterocycles. The van der Waals surface area contributed by atoms with E-state index in [1.807, 2.05) is 0 Å². The van der Waals surface area contributed by atoms with Crippen LogP contribution < -0.4 is 5.32 Å². The van der Waals surface area contributed by atoms with E-state index in [0.717, 1.165) is 58.0 Å². The van der Waals surface area contributed by atoms with Gasteiger partial charge in [-0.1, -0.05) is 6.58 Å². The summed E-state index contributed by atoms with van der Waals surface area (Å²) in [7, 11) is 0. The molecule has 0 aromatic carbocycles. The number of ketones is 1. The monoisotopic (exact) mass is 365 g/mol. The third-order valence-corrected chi connectivity index (χ3v) is 5.94. The lowest BCUT2D eigenvalue weighted by Gasteiger charge is -2.28. The molecule has 2 aliphatic rings. The van der Waals surface area contributed by atoms with Crippen molar-refractivity contribution in [3.8, 4) is 0 Å². The minimum atomic E-state index is 0.0451. The number of rotatable bonds is 9. The van der Waals surface area contributed by atoms with Crippen molar-refractivity contribution < 1.29 is 19.4 Å². The van der Waals surface area contributed by atoms with Crippen LogP contribution in [0.25, 0.3) is 0 Å². The molecule has 0 saturated heterocycles. The van der Waals surface area contributed by atoms with Gasteiger partial charge in [-0.05, 0) is 75.7 Å². The van der Waals surface area contributed by atoms with Crippen LogP contribution in [0, 0.1) is 17.8 Å². The van der Waals surface area contributed by atoms with E-state index in [9.17, 15) is 9.59 Å². The maximum atomic E-state index is 12.1. The number of hydrogen-bond donors (Lipinski definition) is 2. The molecule has 0 spiro atoms. The molecule has 26 heavy (non-hydrogen) atoms. The normalized spacial score (nSPS) is 29.2. The number of nitrogens with one attached hydrogen (secondary N) is 1. The second-order valence-corrected chi connectivity index (χ2v) is 8.15. The van der Waals surface area contributed by atoms with Crippen molar-refractivity contribution in [1.82, 2.24) is 5.32 Å². The van der Waals surface area contributed by atoms with Crippen LogP contribution in [0.3, 0.4) is 0 Å². The Morgan fingerprint density at radius 3 is 2.23 bits per heavy atom. The minimum Gasteiger partial charge on any atom is -0.396 e. The van der Waals surface area contributed by atoms with Gasteiger partial charge in [-0.3, -0.25) is 9.59 Å². The molecule has 0 aromatic heterocycles. The SMILES string of the molecule is C=C(C)C(=O)C1CCC(NC(=O)CCOCC2CCC(CO)CC2)CC1. The number of carbonyl (C=O) groups is 2. The van der Waals surface area contributed by atoms with E-state index in [4.69, 9.17) is 9.84 Å². The van der Waals surface area contributed by atoms with Crippen molar-refractivity contribution in [2.24, 2.45) is 17.8 Å². The van der Waals surface area contributed by atoms with Crippen molar-refractivity contribution in [3.63, 3.8) is 0 Å². The standard InChI is InChI=1S/C21H35NO4/c1-15(2)21(25)18-7-9-19(10-8-18)22-20(24)11-12-26-14-17-5-3-16(13-23)4-6-17/h16-19,23H,1,3-14H2,2H3,(H,22,24). The Kier molecular flexibility index (Phi) is 8.79.